The first-order valence-corrected chi connectivity index (χ1v) is 8.67. The number of rotatable bonds is 7. The summed E-state index contributed by atoms with van der Waals surface area (Å²) in [6, 6.07) is 14.0. The minimum absolute atomic E-state index is 0.233. The predicted octanol–water partition coefficient (Wildman–Crippen LogP) is 1.85. The SMILES string of the molecule is COc1ccccc1CNC(=O)C(C)OC(=O)Cn1c(=O)oc2ccccc21. The van der Waals surface area contributed by atoms with Gasteiger partial charge in [0.1, 0.15) is 12.3 Å². The second-order valence-electron chi connectivity index (χ2n) is 6.08. The fourth-order valence-electron chi connectivity index (χ4n) is 2.76. The monoisotopic (exact) mass is 384 g/mol. The summed E-state index contributed by atoms with van der Waals surface area (Å²) >= 11 is 0. The molecular formula is C20H20N2O6. The lowest BCUT2D eigenvalue weighted by Gasteiger charge is -2.14. The van der Waals surface area contributed by atoms with E-state index in [2.05, 4.69) is 5.32 Å². The largest absolute Gasteiger partial charge is 0.496 e. The van der Waals surface area contributed by atoms with Gasteiger partial charge in [-0.2, -0.15) is 0 Å². The highest BCUT2D eigenvalue weighted by molar-refractivity contribution is 5.83. The van der Waals surface area contributed by atoms with Crippen LogP contribution in [-0.4, -0.2) is 29.7 Å². The van der Waals surface area contributed by atoms with Crippen LogP contribution in [0.15, 0.2) is 57.7 Å². The summed E-state index contributed by atoms with van der Waals surface area (Å²) < 4.78 is 16.6. The molecule has 146 valence electrons. The topological polar surface area (TPSA) is 99.8 Å². The summed E-state index contributed by atoms with van der Waals surface area (Å²) in [5, 5.41) is 2.70. The number of oxazole rings is 1. The maximum Gasteiger partial charge on any atom is 0.420 e. The van der Waals surface area contributed by atoms with Crippen LogP contribution in [0, 0.1) is 0 Å². The second kappa shape index (κ2) is 8.43. The van der Waals surface area contributed by atoms with Crippen molar-refractivity contribution in [2.24, 2.45) is 0 Å². The number of hydrogen-bond donors (Lipinski definition) is 1. The molecule has 3 aromatic rings. The zero-order chi connectivity index (χ0) is 20.1. The maximum atomic E-state index is 12.2. The minimum Gasteiger partial charge on any atom is -0.496 e. The van der Waals surface area contributed by atoms with E-state index in [0.717, 1.165) is 10.1 Å². The number of benzene rings is 2. The molecule has 1 atom stereocenters. The first-order valence-electron chi connectivity index (χ1n) is 8.67. The Morgan fingerprint density at radius 2 is 1.86 bits per heavy atom. The summed E-state index contributed by atoms with van der Waals surface area (Å²) in [6.07, 6.45) is -1.02. The van der Waals surface area contributed by atoms with Gasteiger partial charge in [0.05, 0.1) is 12.6 Å². The van der Waals surface area contributed by atoms with Crippen LogP contribution in [0.25, 0.3) is 11.1 Å². The molecule has 3 rings (SSSR count). The van der Waals surface area contributed by atoms with Gasteiger partial charge in [0, 0.05) is 12.1 Å². The minimum atomic E-state index is -1.02. The summed E-state index contributed by atoms with van der Waals surface area (Å²) in [7, 11) is 1.55. The van der Waals surface area contributed by atoms with E-state index in [1.165, 1.54) is 6.92 Å². The number of aromatic nitrogens is 1. The lowest BCUT2D eigenvalue weighted by atomic mass is 10.2. The molecule has 28 heavy (non-hydrogen) atoms. The normalized spacial score (nSPS) is 11.8. The third-order valence-electron chi connectivity index (χ3n) is 4.18. The molecule has 0 radical (unpaired) electrons. The van der Waals surface area contributed by atoms with Crippen LogP contribution >= 0.6 is 0 Å². The first kappa shape index (κ1) is 19.2. The van der Waals surface area contributed by atoms with Gasteiger partial charge in [-0.05, 0) is 25.1 Å². The molecule has 8 nitrogen and oxygen atoms in total. The number of methoxy groups -OCH3 is 1. The first-order chi connectivity index (χ1) is 13.5. The van der Waals surface area contributed by atoms with Crippen LogP contribution in [0.1, 0.15) is 12.5 Å². The van der Waals surface area contributed by atoms with E-state index in [0.29, 0.717) is 16.8 Å². The van der Waals surface area contributed by atoms with E-state index >= 15 is 0 Å². The van der Waals surface area contributed by atoms with E-state index in [4.69, 9.17) is 13.9 Å². The number of carbonyl (C=O) groups is 2. The van der Waals surface area contributed by atoms with Gasteiger partial charge >= 0.3 is 11.7 Å². The smallest absolute Gasteiger partial charge is 0.420 e. The molecule has 0 aliphatic carbocycles. The lowest BCUT2D eigenvalue weighted by molar-refractivity contribution is -0.155. The number of amides is 1. The van der Waals surface area contributed by atoms with E-state index in [1.54, 1.807) is 37.4 Å². The van der Waals surface area contributed by atoms with E-state index in [9.17, 15) is 14.4 Å². The molecule has 1 unspecified atom stereocenters. The summed E-state index contributed by atoms with van der Waals surface area (Å²) in [5.41, 5.74) is 1.66. The van der Waals surface area contributed by atoms with E-state index in [1.807, 2.05) is 18.2 Å². The van der Waals surface area contributed by atoms with Crippen molar-refractivity contribution in [2.45, 2.75) is 26.1 Å². The van der Waals surface area contributed by atoms with Crippen LogP contribution in [-0.2, 0) is 27.4 Å². The average Bonchev–Trinajstić information content (AvgIpc) is 3.01. The van der Waals surface area contributed by atoms with Crippen molar-refractivity contribution in [3.05, 3.63) is 64.6 Å². The highest BCUT2D eigenvalue weighted by Crippen LogP contribution is 2.16. The predicted molar refractivity (Wildman–Crippen MR) is 101 cm³/mol. The van der Waals surface area contributed by atoms with Crippen LogP contribution in [0.3, 0.4) is 0 Å². The Balaban J connectivity index is 1.58. The Labute approximate surface area is 160 Å². The molecule has 8 heteroatoms. The third kappa shape index (κ3) is 4.22. The molecule has 0 fully saturated rings. The number of nitrogens with zero attached hydrogens (tertiary/aromatic N) is 1. The van der Waals surface area contributed by atoms with E-state index < -0.39 is 23.7 Å². The van der Waals surface area contributed by atoms with Gasteiger partial charge in [-0.25, -0.2) is 4.79 Å². The molecule has 1 heterocycles. The Hall–Kier alpha value is -3.55. The van der Waals surface area contributed by atoms with Gasteiger partial charge in [0.15, 0.2) is 11.7 Å². The Bertz CT molecular complexity index is 1050. The van der Waals surface area contributed by atoms with E-state index in [-0.39, 0.29) is 13.1 Å². The van der Waals surface area contributed by atoms with Crippen molar-refractivity contribution in [3.8, 4) is 5.75 Å². The van der Waals surface area contributed by atoms with Gasteiger partial charge in [-0.3, -0.25) is 14.2 Å². The summed E-state index contributed by atoms with van der Waals surface area (Å²) in [6.45, 7) is 1.35. The molecule has 0 aliphatic heterocycles. The highest BCUT2D eigenvalue weighted by atomic mass is 16.5. The lowest BCUT2D eigenvalue weighted by Crippen LogP contribution is -2.36. The molecule has 0 saturated carbocycles. The number of esters is 1. The van der Waals surface area contributed by atoms with Gasteiger partial charge in [-0.15, -0.1) is 0 Å². The fraction of sp³-hybridized carbons (Fsp3) is 0.250. The molecular weight excluding hydrogens is 364 g/mol. The second-order valence-corrected chi connectivity index (χ2v) is 6.08. The van der Waals surface area contributed by atoms with Crippen LogP contribution < -0.4 is 15.8 Å². The van der Waals surface area contributed by atoms with Crippen LogP contribution in [0.4, 0.5) is 0 Å². The van der Waals surface area contributed by atoms with Crippen molar-refractivity contribution in [1.82, 2.24) is 9.88 Å². The quantitative estimate of drug-likeness (QED) is 0.624. The van der Waals surface area contributed by atoms with Crippen LogP contribution in [0.5, 0.6) is 5.75 Å². The van der Waals surface area contributed by atoms with Crippen molar-refractivity contribution >= 4 is 23.0 Å². The number of carbonyl (C=O) groups excluding carboxylic acids is 2. The van der Waals surface area contributed by atoms with Gasteiger partial charge in [0.25, 0.3) is 5.91 Å². The van der Waals surface area contributed by atoms with Crippen LogP contribution in [0.2, 0.25) is 0 Å². The molecule has 1 amide bonds. The molecule has 0 aliphatic rings. The standard InChI is InChI=1S/C20H20N2O6/c1-13(19(24)21-11-14-7-3-5-9-16(14)26-2)27-18(23)12-22-15-8-4-6-10-17(15)28-20(22)25/h3-10,13H,11-12H2,1-2H3,(H,21,24). The summed E-state index contributed by atoms with van der Waals surface area (Å²) in [5.74, 6) is -1.18. The number of nitrogens with one attached hydrogen (secondary N) is 1. The van der Waals surface area contributed by atoms with Crippen molar-refractivity contribution in [3.63, 3.8) is 0 Å². The van der Waals surface area contributed by atoms with Gasteiger partial charge in [0.2, 0.25) is 0 Å². The maximum absolute atomic E-state index is 12.2. The number of para-hydroxylation sites is 3. The average molecular weight is 384 g/mol. The Morgan fingerprint density at radius 1 is 1.14 bits per heavy atom. The molecule has 0 bridgehead atoms. The molecule has 1 N–H and O–H groups in total. The Kier molecular flexibility index (Phi) is 5.78. The number of ether oxygens (including phenoxy) is 2. The van der Waals surface area contributed by atoms with Crippen molar-refractivity contribution in [1.29, 1.82) is 0 Å². The summed E-state index contributed by atoms with van der Waals surface area (Å²) in [4.78, 5) is 36.3. The molecule has 0 spiro atoms. The Morgan fingerprint density at radius 3 is 2.64 bits per heavy atom. The van der Waals surface area contributed by atoms with Gasteiger partial charge in [-0.1, -0.05) is 30.3 Å². The molecule has 1 aromatic heterocycles. The zero-order valence-corrected chi connectivity index (χ0v) is 15.5. The van der Waals surface area contributed by atoms with Crippen molar-refractivity contribution in [2.75, 3.05) is 7.11 Å². The molecule has 2 aromatic carbocycles. The molecule has 0 saturated heterocycles. The fourth-order valence-corrected chi connectivity index (χ4v) is 2.76. The number of fused-ring (bicyclic) bond motifs is 1. The highest BCUT2D eigenvalue weighted by Gasteiger charge is 2.20. The third-order valence-corrected chi connectivity index (χ3v) is 4.18. The van der Waals surface area contributed by atoms with Gasteiger partial charge < -0.3 is 19.2 Å². The number of hydrogen-bond acceptors (Lipinski definition) is 6. The zero-order valence-electron chi connectivity index (χ0n) is 15.5. The van der Waals surface area contributed by atoms with Crippen molar-refractivity contribution < 1.29 is 23.5 Å².